The first-order valence-electron chi connectivity index (χ1n) is 7.56. The van der Waals surface area contributed by atoms with Crippen LogP contribution in [0.5, 0.6) is 0 Å². The molecule has 25 heavy (non-hydrogen) atoms. The van der Waals surface area contributed by atoms with Crippen LogP contribution >= 0.6 is 23.4 Å². The third kappa shape index (κ3) is 3.11. The maximum atomic E-state index is 9.18. The minimum absolute atomic E-state index is 0.500. The summed E-state index contributed by atoms with van der Waals surface area (Å²) >= 11 is 2.35. The van der Waals surface area contributed by atoms with Gasteiger partial charge < -0.3 is 14.8 Å². The van der Waals surface area contributed by atoms with Gasteiger partial charge in [0, 0.05) is 48.3 Å². The smallest absolute Gasteiger partial charge is 0.227 e. The van der Waals surface area contributed by atoms with Crippen molar-refractivity contribution in [2.75, 3.05) is 24.3 Å². The van der Waals surface area contributed by atoms with Crippen LogP contribution in [0.25, 0.3) is 21.1 Å². The Hall–Kier alpha value is -2.42. The number of nitrogens with zero attached hydrogens (tertiary/aromatic N) is 4. The molecule has 0 unspecified atom stereocenters. The highest BCUT2D eigenvalue weighted by molar-refractivity contribution is 7.93. The number of nitrogens with one attached hydrogen (secondary N) is 1. The third-order valence-corrected chi connectivity index (χ3v) is 5.33. The van der Waals surface area contributed by atoms with Crippen LogP contribution in [0.4, 0.5) is 16.8 Å². The maximum Gasteiger partial charge on any atom is 0.227 e. The first-order valence-corrected chi connectivity index (χ1v) is 9.15. The van der Waals surface area contributed by atoms with Crippen molar-refractivity contribution in [1.82, 2.24) is 15.0 Å². The Balaban J connectivity index is 1.78. The van der Waals surface area contributed by atoms with E-state index in [1.54, 1.807) is 17.5 Å². The largest absolute Gasteiger partial charge is 0.354 e. The fraction of sp³-hybridized carbons (Fsp3) is 0.118. The molecule has 4 rings (SSSR count). The van der Waals surface area contributed by atoms with E-state index >= 15 is 0 Å². The molecule has 2 aromatic heterocycles. The zero-order chi connectivity index (χ0) is 17.4. The van der Waals surface area contributed by atoms with Crippen LogP contribution in [-0.2, 0) is 0 Å². The van der Waals surface area contributed by atoms with Crippen molar-refractivity contribution in [2.24, 2.45) is 0 Å². The second-order valence-electron chi connectivity index (χ2n) is 5.68. The molecule has 8 heteroatoms. The zero-order valence-electron chi connectivity index (χ0n) is 13.6. The number of hydrogen-bond acceptors (Lipinski definition) is 8. The van der Waals surface area contributed by atoms with Crippen LogP contribution in [0.15, 0.2) is 47.5 Å². The first kappa shape index (κ1) is 16.1. The number of fused-ring (bicyclic) bond motifs is 3. The molecule has 0 aliphatic carbocycles. The summed E-state index contributed by atoms with van der Waals surface area (Å²) in [6, 6.07) is 11.5. The number of aromatic nitrogens is 3. The summed E-state index contributed by atoms with van der Waals surface area (Å²) in [6.45, 7) is 0. The minimum Gasteiger partial charge on any atom is -0.354 e. The summed E-state index contributed by atoms with van der Waals surface area (Å²) < 4.78 is 10.3. The second kappa shape index (κ2) is 6.47. The fourth-order valence-corrected chi connectivity index (χ4v) is 3.69. The van der Waals surface area contributed by atoms with Gasteiger partial charge in [-0.05, 0) is 30.3 Å². The lowest BCUT2D eigenvalue weighted by atomic mass is 10.2. The van der Waals surface area contributed by atoms with Gasteiger partial charge in [-0.2, -0.15) is 0 Å². The zero-order valence-corrected chi connectivity index (χ0v) is 15.2. The summed E-state index contributed by atoms with van der Waals surface area (Å²) in [4.78, 5) is 16.5. The number of hydrogen-bond donors (Lipinski definition) is 2. The molecule has 4 aromatic rings. The Morgan fingerprint density at radius 1 is 1.12 bits per heavy atom. The summed E-state index contributed by atoms with van der Waals surface area (Å²) in [6.07, 6.45) is 1.80. The predicted octanol–water partition coefficient (Wildman–Crippen LogP) is 4.61. The van der Waals surface area contributed by atoms with E-state index in [2.05, 4.69) is 21.4 Å². The lowest BCUT2D eigenvalue weighted by Gasteiger charge is -2.07. The van der Waals surface area contributed by atoms with Crippen molar-refractivity contribution in [3.05, 3.63) is 42.6 Å². The van der Waals surface area contributed by atoms with Gasteiger partial charge in [-0.3, -0.25) is 0 Å². The third-order valence-electron chi connectivity index (χ3n) is 3.68. The van der Waals surface area contributed by atoms with Gasteiger partial charge in [0.15, 0.2) is 5.13 Å². The van der Waals surface area contributed by atoms with Gasteiger partial charge in [-0.25, -0.2) is 15.0 Å². The van der Waals surface area contributed by atoms with Gasteiger partial charge >= 0.3 is 0 Å². The average molecular weight is 369 g/mol. The lowest BCUT2D eigenvalue weighted by molar-refractivity contribution is 0.664. The summed E-state index contributed by atoms with van der Waals surface area (Å²) in [5, 5.41) is 5.08. The van der Waals surface area contributed by atoms with Crippen molar-refractivity contribution in [2.45, 2.75) is 4.90 Å². The summed E-state index contributed by atoms with van der Waals surface area (Å²) in [5.41, 5.74) is 2.53. The standard InChI is InChI=1S/C17H15N5OS2/c1-22(2)17-21-15-13(24-17)7-6-10-9-18-16(20-14(10)15)19-11-4-3-5-12(8-11)25-23/h3-9,23H,1-2H3,(H,18,19,20). The van der Waals surface area contributed by atoms with Crippen LogP contribution in [0, 0.1) is 0 Å². The summed E-state index contributed by atoms with van der Waals surface area (Å²) in [7, 11) is 3.96. The maximum absolute atomic E-state index is 9.18. The van der Waals surface area contributed by atoms with E-state index < -0.39 is 0 Å². The van der Waals surface area contributed by atoms with Gasteiger partial charge in [0.2, 0.25) is 5.95 Å². The van der Waals surface area contributed by atoms with E-state index in [0.29, 0.717) is 18.0 Å². The van der Waals surface area contributed by atoms with Gasteiger partial charge in [0.25, 0.3) is 0 Å². The molecule has 0 saturated heterocycles. The molecule has 6 nitrogen and oxygen atoms in total. The molecule has 0 aliphatic rings. The van der Waals surface area contributed by atoms with E-state index in [0.717, 1.165) is 36.8 Å². The Morgan fingerprint density at radius 3 is 2.80 bits per heavy atom. The molecule has 0 atom stereocenters. The van der Waals surface area contributed by atoms with Gasteiger partial charge in [0.1, 0.15) is 11.0 Å². The second-order valence-corrected chi connectivity index (χ2v) is 7.34. The molecule has 0 spiro atoms. The normalized spacial score (nSPS) is 11.2. The molecule has 2 N–H and O–H groups in total. The van der Waals surface area contributed by atoms with Crippen LogP contribution in [0.3, 0.4) is 0 Å². The quantitative estimate of drug-likeness (QED) is 0.509. The fourth-order valence-electron chi connectivity index (χ4n) is 2.48. The minimum atomic E-state index is 0.500. The molecule has 2 heterocycles. The topological polar surface area (TPSA) is 74.2 Å². The molecular weight excluding hydrogens is 354 g/mol. The van der Waals surface area contributed by atoms with Crippen LogP contribution in [-0.4, -0.2) is 33.6 Å². The van der Waals surface area contributed by atoms with Crippen LogP contribution in [0.1, 0.15) is 0 Å². The monoisotopic (exact) mass is 369 g/mol. The number of benzene rings is 2. The van der Waals surface area contributed by atoms with Gasteiger partial charge in [0.05, 0.1) is 4.70 Å². The Kier molecular flexibility index (Phi) is 4.16. The first-order chi connectivity index (χ1) is 12.1. The average Bonchev–Trinajstić information content (AvgIpc) is 3.07. The number of rotatable bonds is 4. The Morgan fingerprint density at radius 2 is 2.00 bits per heavy atom. The van der Waals surface area contributed by atoms with Crippen LogP contribution in [0.2, 0.25) is 0 Å². The number of anilines is 3. The molecule has 0 saturated carbocycles. The molecule has 0 bridgehead atoms. The van der Waals surface area contributed by atoms with E-state index in [4.69, 9.17) is 4.98 Å². The van der Waals surface area contributed by atoms with E-state index in [1.165, 1.54) is 0 Å². The van der Waals surface area contributed by atoms with Crippen molar-refractivity contribution in [1.29, 1.82) is 0 Å². The number of thiazole rings is 1. The Labute approximate surface area is 152 Å². The molecule has 126 valence electrons. The lowest BCUT2D eigenvalue weighted by Crippen LogP contribution is -2.07. The van der Waals surface area contributed by atoms with Crippen molar-refractivity contribution in [3.63, 3.8) is 0 Å². The van der Waals surface area contributed by atoms with Crippen molar-refractivity contribution >= 4 is 61.3 Å². The summed E-state index contributed by atoms with van der Waals surface area (Å²) in [5.74, 6) is 0.500. The molecule has 0 fully saturated rings. The highest BCUT2D eigenvalue weighted by Crippen LogP contribution is 2.32. The Bertz CT molecular complexity index is 1060. The van der Waals surface area contributed by atoms with Gasteiger partial charge in [-0.1, -0.05) is 17.4 Å². The van der Waals surface area contributed by atoms with Crippen molar-refractivity contribution in [3.8, 4) is 0 Å². The molecule has 0 amide bonds. The van der Waals surface area contributed by atoms with Crippen LogP contribution < -0.4 is 10.2 Å². The highest BCUT2D eigenvalue weighted by Gasteiger charge is 2.11. The van der Waals surface area contributed by atoms with E-state index in [1.807, 2.05) is 49.3 Å². The highest BCUT2D eigenvalue weighted by atomic mass is 32.2. The molecule has 0 aliphatic heterocycles. The van der Waals surface area contributed by atoms with Crippen molar-refractivity contribution < 1.29 is 4.55 Å². The molecule has 2 aromatic carbocycles. The van der Waals surface area contributed by atoms with Gasteiger partial charge in [-0.15, -0.1) is 0 Å². The van der Waals surface area contributed by atoms with E-state index in [-0.39, 0.29) is 0 Å². The molecule has 0 radical (unpaired) electrons. The molecular formula is C17H15N5OS2. The predicted molar refractivity (Wildman–Crippen MR) is 105 cm³/mol. The van der Waals surface area contributed by atoms with E-state index in [9.17, 15) is 4.55 Å². The SMILES string of the molecule is CN(C)c1nc2c(ccc3cnc(Nc4cccc(SO)c4)nc32)s1.